The van der Waals surface area contributed by atoms with Crippen molar-refractivity contribution in [2.45, 2.75) is 44.0 Å². The number of alkyl carbamates (subject to hydrolysis) is 1. The summed E-state index contributed by atoms with van der Waals surface area (Å²) in [5.41, 5.74) is 0.0406. The van der Waals surface area contributed by atoms with Crippen LogP contribution in [0.4, 0.5) is 4.79 Å². The molecule has 0 saturated carbocycles. The van der Waals surface area contributed by atoms with Crippen molar-refractivity contribution < 1.29 is 37.0 Å². The van der Waals surface area contributed by atoms with Gasteiger partial charge in [0.1, 0.15) is 11.7 Å². The second-order valence-electron chi connectivity index (χ2n) is 8.08. The van der Waals surface area contributed by atoms with Gasteiger partial charge in [-0.3, -0.25) is 9.69 Å². The third-order valence-electron chi connectivity index (χ3n) is 4.51. The molecule has 0 radical (unpaired) electrons. The van der Waals surface area contributed by atoms with E-state index in [9.17, 15) is 22.8 Å². The first-order chi connectivity index (χ1) is 13.4. The van der Waals surface area contributed by atoms with Crippen LogP contribution in [0.5, 0.6) is 0 Å². The number of sulfone groups is 1. The Bertz CT molecular complexity index is 818. The molecule has 2 atom stereocenters. The summed E-state index contributed by atoms with van der Waals surface area (Å²) < 4.78 is 40.5. The normalized spacial score (nSPS) is 23.2. The molecule has 29 heavy (non-hydrogen) atoms. The number of amides is 2. The number of carbonyl (C=O) groups excluding carboxylic acids is 3. The van der Waals surface area contributed by atoms with Gasteiger partial charge in [0.2, 0.25) is 0 Å². The summed E-state index contributed by atoms with van der Waals surface area (Å²) in [6, 6.07) is -0.582. The Balaban J connectivity index is 2.29. The molecule has 0 bridgehead atoms. The molecule has 0 aliphatic carbocycles. The highest BCUT2D eigenvalue weighted by Gasteiger charge is 2.60. The Morgan fingerprint density at radius 1 is 1.24 bits per heavy atom. The van der Waals surface area contributed by atoms with Crippen LogP contribution in [0.2, 0.25) is 25.7 Å². The molecule has 164 valence electrons. The van der Waals surface area contributed by atoms with Crippen LogP contribution >= 0.6 is 0 Å². The highest BCUT2D eigenvalue weighted by molar-refractivity contribution is 7.92. The molecule has 2 aliphatic heterocycles. The highest BCUT2D eigenvalue weighted by atomic mass is 32.2. The molecule has 2 rings (SSSR count). The number of hydrogen-bond donors (Lipinski definition) is 1. The van der Waals surface area contributed by atoms with Crippen molar-refractivity contribution >= 4 is 35.9 Å². The van der Waals surface area contributed by atoms with Gasteiger partial charge in [-0.2, -0.15) is 0 Å². The van der Waals surface area contributed by atoms with Crippen molar-refractivity contribution in [2.24, 2.45) is 0 Å². The quantitative estimate of drug-likeness (QED) is 0.323. The fourth-order valence-corrected chi connectivity index (χ4v) is 5.84. The monoisotopic (exact) mass is 448 g/mol. The second-order valence-corrected chi connectivity index (χ2v) is 15.8. The predicted octanol–water partition coefficient (Wildman–Crippen LogP) is 0.480. The minimum atomic E-state index is -3.85. The first kappa shape index (κ1) is 23.4. The van der Waals surface area contributed by atoms with Crippen molar-refractivity contribution in [1.82, 2.24) is 10.2 Å². The molecular formula is C17H28N2O8SSi. The average Bonchev–Trinajstić information content (AvgIpc) is 2.58. The molecule has 0 aromatic rings. The van der Waals surface area contributed by atoms with Crippen molar-refractivity contribution in [3.63, 3.8) is 0 Å². The first-order valence-electron chi connectivity index (χ1n) is 9.29. The molecule has 1 N–H and O–H groups in total. The summed E-state index contributed by atoms with van der Waals surface area (Å²) >= 11 is 0. The van der Waals surface area contributed by atoms with Gasteiger partial charge in [-0.05, 0) is 13.0 Å². The zero-order chi connectivity index (χ0) is 22.0. The van der Waals surface area contributed by atoms with Gasteiger partial charge in [-0.15, -0.1) is 0 Å². The molecule has 0 unspecified atom stereocenters. The van der Waals surface area contributed by atoms with Crippen LogP contribution in [0, 0.1) is 0 Å². The van der Waals surface area contributed by atoms with E-state index in [0.29, 0.717) is 0 Å². The van der Waals surface area contributed by atoms with Crippen molar-refractivity contribution in [1.29, 1.82) is 0 Å². The lowest BCUT2D eigenvalue weighted by molar-refractivity contribution is -0.151. The van der Waals surface area contributed by atoms with Gasteiger partial charge in [0.15, 0.2) is 15.2 Å². The number of nitrogens with zero attached hydrogens (tertiary/aromatic N) is 1. The number of fused-ring (bicyclic) bond motifs is 1. The minimum Gasteiger partial charge on any atom is -0.461 e. The third-order valence-corrected chi connectivity index (χ3v) is 8.18. The molecule has 1 saturated heterocycles. The van der Waals surface area contributed by atoms with E-state index >= 15 is 0 Å². The Morgan fingerprint density at radius 3 is 2.45 bits per heavy atom. The number of esters is 1. The maximum absolute atomic E-state index is 12.7. The van der Waals surface area contributed by atoms with Gasteiger partial charge in [-0.1, -0.05) is 19.6 Å². The molecular weight excluding hydrogens is 420 g/mol. The second kappa shape index (κ2) is 8.84. The van der Waals surface area contributed by atoms with E-state index in [0.717, 1.165) is 10.9 Å². The number of carbonyl (C=O) groups is 3. The Hall–Kier alpha value is -1.92. The van der Waals surface area contributed by atoms with Crippen LogP contribution in [0.15, 0.2) is 11.3 Å². The van der Waals surface area contributed by atoms with Crippen molar-refractivity contribution in [3.8, 4) is 0 Å². The maximum atomic E-state index is 12.7. The van der Waals surface area contributed by atoms with Gasteiger partial charge >= 0.3 is 12.1 Å². The standard InChI is InChI=1S/C17H28N2O8SSi/c1-6-26-17(22)18-12-14(20)19-13(16(21)27-7-8-29(3,4)5)11(9-25-2)10-28(23,24)15(12)19/h12,15H,6-10H2,1-5H3,(H,18,22)/t12-,15-/m1/s1. The molecule has 2 aliphatic rings. The number of β-lactam (4-membered cyclic amide) rings is 1. The lowest BCUT2D eigenvalue weighted by Crippen LogP contribution is -2.75. The summed E-state index contributed by atoms with van der Waals surface area (Å²) in [6.45, 7) is 8.09. The van der Waals surface area contributed by atoms with Crippen molar-refractivity contribution in [3.05, 3.63) is 11.3 Å². The van der Waals surface area contributed by atoms with E-state index in [-0.39, 0.29) is 31.1 Å². The van der Waals surface area contributed by atoms with Gasteiger partial charge < -0.3 is 19.5 Å². The molecule has 2 heterocycles. The summed E-state index contributed by atoms with van der Waals surface area (Å²) in [7, 11) is -3.94. The van der Waals surface area contributed by atoms with E-state index in [1.54, 1.807) is 6.92 Å². The van der Waals surface area contributed by atoms with E-state index < -0.39 is 53.0 Å². The minimum absolute atomic E-state index is 0.0699. The van der Waals surface area contributed by atoms with E-state index in [1.165, 1.54) is 7.11 Å². The topological polar surface area (TPSA) is 128 Å². The first-order valence-corrected chi connectivity index (χ1v) is 14.7. The third kappa shape index (κ3) is 5.17. The summed E-state index contributed by atoms with van der Waals surface area (Å²) in [5.74, 6) is -1.94. The number of rotatable bonds is 8. The van der Waals surface area contributed by atoms with E-state index in [2.05, 4.69) is 25.0 Å². The lowest BCUT2D eigenvalue weighted by Gasteiger charge is -2.49. The fourth-order valence-electron chi connectivity index (χ4n) is 3.11. The largest absolute Gasteiger partial charge is 0.461 e. The molecule has 0 aromatic carbocycles. The molecule has 10 nitrogen and oxygen atoms in total. The van der Waals surface area contributed by atoms with Crippen LogP contribution in [0.25, 0.3) is 0 Å². The molecule has 12 heteroatoms. The van der Waals surface area contributed by atoms with Gasteiger partial charge in [0.05, 0.1) is 25.6 Å². The summed E-state index contributed by atoms with van der Waals surface area (Å²) in [5, 5.41) is 0.884. The highest BCUT2D eigenvalue weighted by Crippen LogP contribution is 2.37. The van der Waals surface area contributed by atoms with Crippen molar-refractivity contribution in [2.75, 3.05) is 32.7 Å². The lowest BCUT2D eigenvalue weighted by atomic mass is 10.0. The van der Waals surface area contributed by atoms with Crippen LogP contribution in [-0.4, -0.2) is 83.5 Å². The number of ether oxygens (including phenoxy) is 3. The number of hydrogen-bond acceptors (Lipinski definition) is 8. The van der Waals surface area contributed by atoms with Crippen LogP contribution in [0.3, 0.4) is 0 Å². The zero-order valence-corrected chi connectivity index (χ0v) is 19.1. The number of nitrogens with one attached hydrogen (secondary N) is 1. The van der Waals surface area contributed by atoms with Crippen LogP contribution in [0.1, 0.15) is 6.92 Å². The maximum Gasteiger partial charge on any atom is 0.407 e. The van der Waals surface area contributed by atoms with Crippen LogP contribution in [-0.2, 0) is 33.6 Å². The summed E-state index contributed by atoms with van der Waals surface area (Å²) in [4.78, 5) is 37.9. The Labute approximate surface area is 171 Å². The number of methoxy groups -OCH3 is 1. The van der Waals surface area contributed by atoms with E-state index in [4.69, 9.17) is 14.2 Å². The van der Waals surface area contributed by atoms with Gasteiger partial charge in [0.25, 0.3) is 5.91 Å². The van der Waals surface area contributed by atoms with Crippen LogP contribution < -0.4 is 5.32 Å². The predicted molar refractivity (Wildman–Crippen MR) is 106 cm³/mol. The fraction of sp³-hybridized carbons (Fsp3) is 0.706. The molecule has 2 amide bonds. The van der Waals surface area contributed by atoms with E-state index in [1.807, 2.05) is 0 Å². The smallest absolute Gasteiger partial charge is 0.407 e. The summed E-state index contributed by atoms with van der Waals surface area (Å²) in [6.07, 6.45) is -0.897. The molecule has 0 aromatic heterocycles. The zero-order valence-electron chi connectivity index (χ0n) is 17.3. The Kier molecular flexibility index (Phi) is 7.12. The average molecular weight is 449 g/mol. The molecule has 1 fully saturated rings. The Morgan fingerprint density at radius 2 is 1.90 bits per heavy atom. The molecule has 0 spiro atoms. The SMILES string of the molecule is CCOC(=O)N[C@@H]1C(=O)N2C(C(=O)OCC[Si](C)(C)C)=C(COC)CS(=O)(=O)[C@H]12. The van der Waals surface area contributed by atoms with Gasteiger partial charge in [0, 0.05) is 20.8 Å². The van der Waals surface area contributed by atoms with Gasteiger partial charge in [-0.25, -0.2) is 18.0 Å².